The Morgan fingerprint density at radius 1 is 0.680 bits per heavy atom. The Morgan fingerprint density at radius 3 is 1.64 bits per heavy atom. The summed E-state index contributed by atoms with van der Waals surface area (Å²) in [7, 11) is 0. The molecule has 0 bridgehead atoms. The first kappa shape index (κ1) is 25.9. The molecule has 25 heavy (non-hydrogen) atoms. The molecule has 0 aliphatic carbocycles. The Morgan fingerprint density at radius 2 is 1.12 bits per heavy atom. The van der Waals surface area contributed by atoms with Crippen LogP contribution in [0.25, 0.3) is 0 Å². The minimum Gasteiger partial charge on any atom is -0.478 e. The largest absolute Gasteiger partial charge is 0.478 e. The number of hydrogen-bond donors (Lipinski definition) is 1. The van der Waals surface area contributed by atoms with Crippen LogP contribution in [0.2, 0.25) is 0 Å². The van der Waals surface area contributed by atoms with Gasteiger partial charge in [0.1, 0.15) is 0 Å². The normalized spacial score (nSPS) is 12.5. The van der Waals surface area contributed by atoms with E-state index >= 15 is 0 Å². The van der Waals surface area contributed by atoms with Crippen LogP contribution in [0.1, 0.15) is 58.3 Å². The maximum absolute atomic E-state index is 10.2. The Labute approximate surface area is 169 Å². The molecule has 0 aromatic heterocycles. The molecule has 0 saturated heterocycles. The van der Waals surface area contributed by atoms with Crippen molar-refractivity contribution in [1.29, 1.82) is 0 Å². The van der Waals surface area contributed by atoms with Crippen LogP contribution in [0, 0.1) is 0 Å². The van der Waals surface area contributed by atoms with Crippen LogP contribution >= 0.6 is 0 Å². The van der Waals surface area contributed by atoms with Gasteiger partial charge in [-0.05, 0) is 12.8 Å². The van der Waals surface area contributed by atoms with Gasteiger partial charge in [0.25, 0.3) is 0 Å². The fourth-order valence-electron chi connectivity index (χ4n) is 2.05. The van der Waals surface area contributed by atoms with Crippen LogP contribution in [-0.4, -0.2) is 11.1 Å². The van der Waals surface area contributed by atoms with Crippen molar-refractivity contribution in [1.82, 2.24) is 0 Å². The van der Waals surface area contributed by atoms with Gasteiger partial charge in [-0.15, -0.1) is 0 Å². The quantitative estimate of drug-likeness (QED) is 0.121. The minimum atomic E-state index is -0.936. The molecule has 0 fully saturated rings. The van der Waals surface area contributed by atoms with Crippen LogP contribution in [0.15, 0.2) is 72.9 Å². The van der Waals surface area contributed by atoms with Gasteiger partial charge < -0.3 is 5.11 Å². The van der Waals surface area contributed by atoms with Gasteiger partial charge in [-0.1, -0.05) is 112 Å². The zero-order chi connectivity index (χ0) is 17.7. The molecule has 0 amide bonds. The standard InChI is InChI=1S/C22H32O2.Au/c1-2-3-4-5-6-7-8-9-10-11-12-13-14-15-16-17-18-19-20-21-22(23)24;/h10-21H,2-9H2,1H3,(H,23,24);. The van der Waals surface area contributed by atoms with Crippen LogP contribution in [0.5, 0.6) is 0 Å². The third-order valence-corrected chi connectivity index (χ3v) is 3.35. The molecule has 0 aromatic carbocycles. The Balaban J connectivity index is 0. The number of hydrogen-bond acceptors (Lipinski definition) is 1. The van der Waals surface area contributed by atoms with E-state index in [2.05, 4.69) is 19.1 Å². The van der Waals surface area contributed by atoms with E-state index in [0.29, 0.717) is 0 Å². The zero-order valence-electron chi connectivity index (χ0n) is 15.2. The molecule has 0 aliphatic heterocycles. The van der Waals surface area contributed by atoms with Crippen molar-refractivity contribution in [2.75, 3.05) is 0 Å². The number of carboxylic acid groups (broad SMARTS) is 1. The van der Waals surface area contributed by atoms with Gasteiger partial charge in [-0.2, -0.15) is 0 Å². The topological polar surface area (TPSA) is 37.3 Å². The molecule has 0 rings (SSSR count). The maximum Gasteiger partial charge on any atom is 0.328 e. The van der Waals surface area contributed by atoms with Crippen LogP contribution < -0.4 is 0 Å². The van der Waals surface area contributed by atoms with Crippen molar-refractivity contribution in [3.8, 4) is 0 Å². The predicted molar refractivity (Wildman–Crippen MR) is 105 cm³/mol. The van der Waals surface area contributed by atoms with Crippen molar-refractivity contribution in [2.45, 2.75) is 58.3 Å². The van der Waals surface area contributed by atoms with E-state index < -0.39 is 5.97 Å². The van der Waals surface area contributed by atoms with Gasteiger partial charge >= 0.3 is 5.97 Å². The Hall–Kier alpha value is -1.35. The van der Waals surface area contributed by atoms with Gasteiger partial charge in [0.2, 0.25) is 0 Å². The summed E-state index contributed by atoms with van der Waals surface area (Å²) in [5, 5.41) is 8.39. The first-order valence-electron chi connectivity index (χ1n) is 9.00. The molecule has 1 radical (unpaired) electrons. The second-order valence-electron chi connectivity index (χ2n) is 5.58. The summed E-state index contributed by atoms with van der Waals surface area (Å²) in [5.41, 5.74) is 0. The number of carboxylic acids is 1. The molecule has 0 heterocycles. The van der Waals surface area contributed by atoms with Crippen LogP contribution in [-0.2, 0) is 27.2 Å². The average Bonchev–Trinajstić information content (AvgIpc) is 2.56. The van der Waals surface area contributed by atoms with E-state index in [4.69, 9.17) is 5.11 Å². The summed E-state index contributed by atoms with van der Waals surface area (Å²) in [6.07, 6.45) is 32.7. The van der Waals surface area contributed by atoms with Gasteiger partial charge in [0, 0.05) is 28.5 Å². The molecular weight excluding hydrogens is 493 g/mol. The molecule has 0 spiro atoms. The van der Waals surface area contributed by atoms with E-state index in [1.54, 1.807) is 12.2 Å². The molecule has 0 unspecified atom stereocenters. The van der Waals surface area contributed by atoms with Crippen molar-refractivity contribution < 1.29 is 32.3 Å². The molecular formula is C22H32AuO2. The summed E-state index contributed by atoms with van der Waals surface area (Å²) < 4.78 is 0. The monoisotopic (exact) mass is 525 g/mol. The van der Waals surface area contributed by atoms with Crippen molar-refractivity contribution in [2.24, 2.45) is 0 Å². The first-order chi connectivity index (χ1) is 11.8. The molecule has 0 aliphatic rings. The average molecular weight is 525 g/mol. The van der Waals surface area contributed by atoms with E-state index in [1.807, 2.05) is 36.5 Å². The molecule has 0 atom stereocenters. The van der Waals surface area contributed by atoms with Gasteiger partial charge in [0.05, 0.1) is 0 Å². The molecule has 3 heteroatoms. The van der Waals surface area contributed by atoms with E-state index in [-0.39, 0.29) is 22.4 Å². The second-order valence-corrected chi connectivity index (χ2v) is 5.58. The summed E-state index contributed by atoms with van der Waals surface area (Å²) in [6.45, 7) is 2.25. The summed E-state index contributed by atoms with van der Waals surface area (Å²) in [6, 6.07) is 0. The van der Waals surface area contributed by atoms with Gasteiger partial charge in [-0.3, -0.25) is 0 Å². The number of rotatable bonds is 14. The molecule has 0 saturated carbocycles. The zero-order valence-corrected chi connectivity index (χ0v) is 17.4. The molecule has 1 N–H and O–H groups in total. The summed E-state index contributed by atoms with van der Waals surface area (Å²) in [5.74, 6) is -0.936. The van der Waals surface area contributed by atoms with Gasteiger partial charge in [0.15, 0.2) is 0 Å². The van der Waals surface area contributed by atoms with Crippen molar-refractivity contribution in [3.63, 3.8) is 0 Å². The third-order valence-electron chi connectivity index (χ3n) is 3.35. The Kier molecular flexibility index (Phi) is 23.5. The Bertz CT molecular complexity index is 468. The van der Waals surface area contributed by atoms with E-state index in [0.717, 1.165) is 12.5 Å². The van der Waals surface area contributed by atoms with Crippen LogP contribution in [0.4, 0.5) is 0 Å². The maximum atomic E-state index is 10.2. The number of unbranched alkanes of at least 4 members (excludes halogenated alkanes) is 7. The van der Waals surface area contributed by atoms with Gasteiger partial charge in [-0.25, -0.2) is 4.79 Å². The second kappa shape index (κ2) is 22.7. The van der Waals surface area contributed by atoms with Crippen molar-refractivity contribution in [3.05, 3.63) is 72.9 Å². The number of aliphatic carboxylic acids is 1. The smallest absolute Gasteiger partial charge is 0.328 e. The number of allylic oxidation sites excluding steroid dienone is 11. The third kappa shape index (κ3) is 25.0. The van der Waals surface area contributed by atoms with E-state index in [1.165, 1.54) is 51.0 Å². The predicted octanol–water partition coefficient (Wildman–Crippen LogP) is 6.55. The fourth-order valence-corrected chi connectivity index (χ4v) is 2.05. The molecule has 0 aromatic rings. The van der Waals surface area contributed by atoms with E-state index in [9.17, 15) is 4.79 Å². The fraction of sp³-hybridized carbons (Fsp3) is 0.409. The van der Waals surface area contributed by atoms with Crippen LogP contribution in [0.3, 0.4) is 0 Å². The molecule has 2 nitrogen and oxygen atoms in total. The minimum absolute atomic E-state index is 0. The van der Waals surface area contributed by atoms with Crippen molar-refractivity contribution >= 4 is 5.97 Å². The first-order valence-corrected chi connectivity index (χ1v) is 9.00. The molecule has 143 valence electrons. The number of carbonyl (C=O) groups is 1. The SMILES string of the molecule is CCCCCCCCCC=CC=CC=CC=CC=CC=CC(=O)O.[Au]. The summed E-state index contributed by atoms with van der Waals surface area (Å²) in [4.78, 5) is 10.2. The summed E-state index contributed by atoms with van der Waals surface area (Å²) >= 11 is 0.